The largest absolute Gasteiger partial charge is 0.480 e. The molecule has 0 aliphatic carbocycles. The quantitative estimate of drug-likeness (QED) is 0.897. The van der Waals surface area contributed by atoms with Gasteiger partial charge in [0.1, 0.15) is 5.69 Å². The number of nitrogens with one attached hydrogen (secondary N) is 1. The molecule has 1 aromatic rings. The van der Waals surface area contributed by atoms with Crippen molar-refractivity contribution < 1.29 is 13.7 Å². The summed E-state index contributed by atoms with van der Waals surface area (Å²) in [5.41, 5.74) is 0.540. The molecule has 2 rings (SSSR count). The van der Waals surface area contributed by atoms with Crippen LogP contribution < -0.4 is 10.1 Å². The summed E-state index contributed by atoms with van der Waals surface area (Å²) in [6, 6.07) is 3.27. The molecular weight excluding hydrogens is 278 g/mol. The zero-order valence-electron chi connectivity index (χ0n) is 11.7. The van der Waals surface area contributed by atoms with Gasteiger partial charge in [-0.05, 0) is 18.6 Å². The highest BCUT2D eigenvalue weighted by Crippen LogP contribution is 2.20. The van der Waals surface area contributed by atoms with E-state index in [4.69, 9.17) is 4.74 Å². The number of methoxy groups -OCH3 is 1. The fourth-order valence-corrected chi connectivity index (χ4v) is 3.20. The lowest BCUT2D eigenvalue weighted by molar-refractivity contribution is 0.215. The number of nitrogens with zero attached hydrogens (tertiary/aromatic N) is 2. The molecule has 1 N–H and O–H groups in total. The Kier molecular flexibility index (Phi) is 4.94. The van der Waals surface area contributed by atoms with Gasteiger partial charge in [-0.2, -0.15) is 0 Å². The fraction of sp³-hybridized carbons (Fsp3) is 0.538. The van der Waals surface area contributed by atoms with Crippen molar-refractivity contribution in [2.75, 3.05) is 31.3 Å². The van der Waals surface area contributed by atoms with Crippen molar-refractivity contribution in [2.45, 2.75) is 18.6 Å². The van der Waals surface area contributed by atoms with E-state index in [-0.39, 0.29) is 11.3 Å². The minimum absolute atomic E-state index is 0.140. The molecule has 7 heteroatoms. The molecule has 110 valence electrons. The molecule has 0 spiro atoms. The summed E-state index contributed by atoms with van der Waals surface area (Å²) in [5.74, 6) is 0.909. The van der Waals surface area contributed by atoms with E-state index in [0.717, 1.165) is 6.42 Å². The monoisotopic (exact) mass is 297 g/mol. The third-order valence-electron chi connectivity index (χ3n) is 3.31. The van der Waals surface area contributed by atoms with E-state index in [1.54, 1.807) is 23.2 Å². The minimum atomic E-state index is -0.851. The second-order valence-corrected chi connectivity index (χ2v) is 6.64. The topological polar surface area (TPSA) is 71.5 Å². The van der Waals surface area contributed by atoms with Gasteiger partial charge in [0.05, 0.1) is 7.11 Å². The van der Waals surface area contributed by atoms with Crippen molar-refractivity contribution in [3.8, 4) is 5.88 Å². The van der Waals surface area contributed by atoms with Crippen LogP contribution in [0.5, 0.6) is 5.88 Å². The molecule has 20 heavy (non-hydrogen) atoms. The molecule has 0 saturated carbocycles. The summed E-state index contributed by atoms with van der Waals surface area (Å²) in [6.45, 7) is 3.08. The van der Waals surface area contributed by atoms with Crippen molar-refractivity contribution in [1.29, 1.82) is 0 Å². The van der Waals surface area contributed by atoms with Crippen LogP contribution in [0, 0.1) is 0 Å². The minimum Gasteiger partial charge on any atom is -0.480 e. The van der Waals surface area contributed by atoms with E-state index >= 15 is 0 Å². The third-order valence-corrected chi connectivity index (χ3v) is 5.03. The van der Waals surface area contributed by atoms with Crippen molar-refractivity contribution in [3.05, 3.63) is 18.3 Å². The van der Waals surface area contributed by atoms with Gasteiger partial charge in [0, 0.05) is 41.1 Å². The lowest BCUT2D eigenvalue weighted by atomic mass is 10.3. The van der Waals surface area contributed by atoms with Gasteiger partial charge in [0.25, 0.3) is 0 Å². The molecule has 1 saturated heterocycles. The van der Waals surface area contributed by atoms with Crippen LogP contribution >= 0.6 is 0 Å². The molecule has 0 aromatic carbocycles. The first-order valence-corrected chi connectivity index (χ1v) is 7.92. The Hall–Kier alpha value is -1.63. The van der Waals surface area contributed by atoms with Gasteiger partial charge in [-0.15, -0.1) is 0 Å². The van der Waals surface area contributed by atoms with E-state index in [0.29, 0.717) is 30.4 Å². The Morgan fingerprint density at radius 2 is 2.35 bits per heavy atom. The molecular formula is C13H19N3O3S. The van der Waals surface area contributed by atoms with Crippen molar-refractivity contribution in [2.24, 2.45) is 0 Å². The predicted molar refractivity (Wildman–Crippen MR) is 78.5 cm³/mol. The smallest absolute Gasteiger partial charge is 0.322 e. The zero-order chi connectivity index (χ0) is 14.5. The van der Waals surface area contributed by atoms with Crippen molar-refractivity contribution >= 4 is 22.5 Å². The standard InChI is InChI=1S/C13H19N3O3S/c1-10-5-7-16(8-9-20(10)18)13(17)15-11-4-3-6-14-12(11)19-2/h3-4,6,10H,5,7-9H2,1-2H3,(H,15,17)/t10-,20+/m0/s1. The number of ether oxygens (including phenoxy) is 1. The van der Waals surface area contributed by atoms with Crippen LogP contribution in [-0.2, 0) is 10.8 Å². The summed E-state index contributed by atoms with van der Waals surface area (Å²) < 4.78 is 16.9. The van der Waals surface area contributed by atoms with Crippen LogP contribution in [0.4, 0.5) is 10.5 Å². The van der Waals surface area contributed by atoms with Gasteiger partial charge in [0.2, 0.25) is 5.88 Å². The predicted octanol–water partition coefficient (Wildman–Crippen LogP) is 1.46. The molecule has 1 aliphatic heterocycles. The van der Waals surface area contributed by atoms with E-state index < -0.39 is 10.8 Å². The summed E-state index contributed by atoms with van der Waals surface area (Å²) in [6.07, 6.45) is 2.36. The summed E-state index contributed by atoms with van der Waals surface area (Å²) in [5, 5.41) is 2.93. The van der Waals surface area contributed by atoms with Gasteiger partial charge in [0.15, 0.2) is 0 Å². The fourth-order valence-electron chi connectivity index (χ4n) is 2.03. The van der Waals surface area contributed by atoms with Crippen LogP contribution in [0.1, 0.15) is 13.3 Å². The molecule has 2 heterocycles. The van der Waals surface area contributed by atoms with Crippen molar-refractivity contribution in [3.63, 3.8) is 0 Å². The van der Waals surface area contributed by atoms with Gasteiger partial charge in [-0.3, -0.25) is 4.21 Å². The van der Waals surface area contributed by atoms with Crippen LogP contribution in [0.25, 0.3) is 0 Å². The number of hydrogen-bond acceptors (Lipinski definition) is 4. The molecule has 0 unspecified atom stereocenters. The Labute approximate surface area is 121 Å². The van der Waals surface area contributed by atoms with Gasteiger partial charge in [-0.25, -0.2) is 9.78 Å². The average molecular weight is 297 g/mol. The number of aromatic nitrogens is 1. The van der Waals surface area contributed by atoms with E-state index in [2.05, 4.69) is 10.3 Å². The number of anilines is 1. The maximum Gasteiger partial charge on any atom is 0.322 e. The molecule has 1 aromatic heterocycles. The van der Waals surface area contributed by atoms with Gasteiger partial charge in [-0.1, -0.05) is 6.92 Å². The average Bonchev–Trinajstić information content (AvgIpc) is 2.62. The number of urea groups is 1. The maximum absolute atomic E-state index is 12.2. The molecule has 2 atom stereocenters. The first-order valence-electron chi connectivity index (χ1n) is 6.54. The Morgan fingerprint density at radius 1 is 1.55 bits per heavy atom. The lowest BCUT2D eigenvalue weighted by Gasteiger charge is -2.20. The third kappa shape index (κ3) is 3.47. The first-order chi connectivity index (χ1) is 9.61. The summed E-state index contributed by atoms with van der Waals surface area (Å²) in [7, 11) is 0.658. The Balaban J connectivity index is 2.03. The number of carbonyl (C=O) groups is 1. The number of hydrogen-bond donors (Lipinski definition) is 1. The molecule has 1 aliphatic rings. The summed E-state index contributed by atoms with van der Waals surface area (Å²) in [4.78, 5) is 18.0. The molecule has 1 fully saturated rings. The van der Waals surface area contributed by atoms with Crippen molar-refractivity contribution in [1.82, 2.24) is 9.88 Å². The molecule has 0 bridgehead atoms. The van der Waals surface area contributed by atoms with E-state index in [9.17, 15) is 9.00 Å². The van der Waals surface area contributed by atoms with E-state index in [1.165, 1.54) is 7.11 Å². The molecule has 2 amide bonds. The first kappa shape index (κ1) is 14.8. The lowest BCUT2D eigenvalue weighted by Crippen LogP contribution is -2.37. The number of rotatable bonds is 2. The Morgan fingerprint density at radius 3 is 3.10 bits per heavy atom. The second kappa shape index (κ2) is 6.69. The highest BCUT2D eigenvalue weighted by atomic mass is 32.2. The van der Waals surface area contributed by atoms with Gasteiger partial charge >= 0.3 is 6.03 Å². The summed E-state index contributed by atoms with van der Waals surface area (Å²) >= 11 is 0. The normalized spacial score (nSPS) is 23.0. The van der Waals surface area contributed by atoms with Crippen LogP contribution in [0.15, 0.2) is 18.3 Å². The zero-order valence-corrected chi connectivity index (χ0v) is 12.5. The van der Waals surface area contributed by atoms with Crippen LogP contribution in [0.3, 0.4) is 0 Å². The van der Waals surface area contributed by atoms with Crippen LogP contribution in [0.2, 0.25) is 0 Å². The van der Waals surface area contributed by atoms with Crippen LogP contribution in [-0.4, -0.2) is 51.3 Å². The van der Waals surface area contributed by atoms with E-state index in [1.807, 2.05) is 6.92 Å². The highest BCUT2D eigenvalue weighted by molar-refractivity contribution is 7.85. The Bertz CT molecular complexity index is 509. The second-order valence-electron chi connectivity index (χ2n) is 4.66. The number of pyridine rings is 1. The van der Waals surface area contributed by atoms with Gasteiger partial charge < -0.3 is 15.0 Å². The maximum atomic E-state index is 12.2. The number of carbonyl (C=O) groups excluding carboxylic acids is 1. The highest BCUT2D eigenvalue weighted by Gasteiger charge is 2.23. The molecule has 0 radical (unpaired) electrons. The SMILES string of the molecule is COc1ncccc1NC(=O)N1CC[C@H](C)[S@](=O)CC1. The molecule has 6 nitrogen and oxygen atoms in total. The number of amides is 2.